The summed E-state index contributed by atoms with van der Waals surface area (Å²) in [5, 5.41) is 13.9. The monoisotopic (exact) mass is 341 g/mol. The number of halogens is 1. The Morgan fingerprint density at radius 1 is 1.38 bits per heavy atom. The third kappa shape index (κ3) is 4.49. The van der Waals surface area contributed by atoms with Gasteiger partial charge in [0.05, 0.1) is 5.75 Å². The number of carboxylic acid groups (broad SMARTS) is 1. The van der Waals surface area contributed by atoms with E-state index >= 15 is 0 Å². The molecule has 2 rings (SSSR count). The van der Waals surface area contributed by atoms with E-state index in [2.05, 4.69) is 5.32 Å². The fourth-order valence-corrected chi connectivity index (χ4v) is 3.37. The number of nitrogens with one attached hydrogen (secondary N) is 1. The van der Waals surface area contributed by atoms with E-state index in [1.165, 1.54) is 11.8 Å². The summed E-state index contributed by atoms with van der Waals surface area (Å²) in [6, 6.07) is 6.89. The molecule has 0 atom stereocenters. The van der Waals surface area contributed by atoms with E-state index in [-0.39, 0.29) is 16.5 Å². The second-order valence-electron chi connectivity index (χ2n) is 4.25. The third-order valence-electron chi connectivity index (χ3n) is 2.61. The summed E-state index contributed by atoms with van der Waals surface area (Å²) in [6.07, 6.45) is 0. The number of aromatic carboxylic acids is 1. The Hall–Kier alpha value is -1.50. The van der Waals surface area contributed by atoms with Crippen LogP contribution >= 0.6 is 34.7 Å². The number of aryl methyl sites for hydroxylation is 1. The summed E-state index contributed by atoms with van der Waals surface area (Å²) < 4.78 is 0. The first-order valence-electron chi connectivity index (χ1n) is 5.96. The number of carbonyl (C=O) groups is 2. The van der Waals surface area contributed by atoms with Crippen LogP contribution in [0, 0.1) is 6.92 Å². The predicted molar refractivity (Wildman–Crippen MR) is 86.8 cm³/mol. The zero-order valence-electron chi connectivity index (χ0n) is 11.1. The second kappa shape index (κ2) is 6.98. The molecule has 0 fully saturated rings. The van der Waals surface area contributed by atoms with Gasteiger partial charge in [0.1, 0.15) is 4.88 Å². The maximum absolute atomic E-state index is 11.8. The van der Waals surface area contributed by atoms with Crippen LogP contribution in [0.15, 0.2) is 34.5 Å². The number of thiophene rings is 1. The largest absolute Gasteiger partial charge is 0.477 e. The van der Waals surface area contributed by atoms with Crippen LogP contribution in [0.3, 0.4) is 0 Å². The maximum atomic E-state index is 11.8. The molecule has 0 aliphatic heterocycles. The molecular formula is C14H12ClNO3S2. The summed E-state index contributed by atoms with van der Waals surface area (Å²) in [6.45, 7) is 1.89. The number of carboxylic acids is 1. The first-order chi connectivity index (χ1) is 9.95. The lowest BCUT2D eigenvalue weighted by molar-refractivity contribution is -0.113. The average molecular weight is 342 g/mol. The third-order valence-corrected chi connectivity index (χ3v) is 5.06. The normalized spacial score (nSPS) is 10.4. The molecule has 0 unspecified atom stereocenters. The van der Waals surface area contributed by atoms with E-state index in [1.807, 2.05) is 13.0 Å². The first-order valence-corrected chi connectivity index (χ1v) is 8.20. The number of hydrogen-bond donors (Lipinski definition) is 2. The molecule has 0 saturated heterocycles. The Bertz CT molecular complexity index is 685. The quantitative estimate of drug-likeness (QED) is 0.802. The highest BCUT2D eigenvalue weighted by Gasteiger charge is 2.09. The number of thioether (sulfide) groups is 1. The number of benzene rings is 1. The predicted octanol–water partition coefficient (Wildman–Crippen LogP) is 4.14. The summed E-state index contributed by atoms with van der Waals surface area (Å²) in [4.78, 5) is 23.6. The van der Waals surface area contributed by atoms with Crippen LogP contribution in [0.4, 0.5) is 5.69 Å². The van der Waals surface area contributed by atoms with Gasteiger partial charge in [-0.25, -0.2) is 4.79 Å². The van der Waals surface area contributed by atoms with Crippen molar-refractivity contribution in [1.29, 1.82) is 0 Å². The minimum atomic E-state index is -0.953. The van der Waals surface area contributed by atoms with Crippen LogP contribution in [0.25, 0.3) is 0 Å². The highest BCUT2D eigenvalue weighted by molar-refractivity contribution is 8.00. The highest BCUT2D eigenvalue weighted by atomic mass is 35.5. The molecule has 0 spiro atoms. The van der Waals surface area contributed by atoms with Crippen molar-refractivity contribution in [3.05, 3.63) is 45.1 Å². The smallest absolute Gasteiger partial charge is 0.345 e. The summed E-state index contributed by atoms with van der Waals surface area (Å²) in [5.74, 6) is -0.907. The zero-order chi connectivity index (χ0) is 15.4. The van der Waals surface area contributed by atoms with Crippen molar-refractivity contribution < 1.29 is 14.7 Å². The van der Waals surface area contributed by atoms with Gasteiger partial charge >= 0.3 is 5.97 Å². The average Bonchev–Trinajstić information content (AvgIpc) is 2.90. The number of hydrogen-bond acceptors (Lipinski definition) is 4. The molecule has 1 aromatic heterocycles. The van der Waals surface area contributed by atoms with Crippen LogP contribution in [-0.2, 0) is 4.79 Å². The fourth-order valence-electron chi connectivity index (χ4n) is 1.52. The Kier molecular flexibility index (Phi) is 5.27. The van der Waals surface area contributed by atoms with Crippen molar-refractivity contribution in [2.24, 2.45) is 0 Å². The van der Waals surface area contributed by atoms with Gasteiger partial charge in [0, 0.05) is 21.0 Å². The van der Waals surface area contributed by atoms with Gasteiger partial charge in [-0.3, -0.25) is 4.79 Å². The molecule has 1 aromatic carbocycles. The Balaban J connectivity index is 1.89. The minimum Gasteiger partial charge on any atom is -0.477 e. The molecule has 110 valence electrons. The van der Waals surface area contributed by atoms with Crippen molar-refractivity contribution >= 4 is 52.3 Å². The van der Waals surface area contributed by atoms with E-state index < -0.39 is 5.97 Å². The van der Waals surface area contributed by atoms with Crippen molar-refractivity contribution in [3.63, 3.8) is 0 Å². The van der Waals surface area contributed by atoms with E-state index in [4.69, 9.17) is 16.7 Å². The van der Waals surface area contributed by atoms with Crippen LogP contribution in [0.2, 0.25) is 5.02 Å². The first kappa shape index (κ1) is 15.9. The van der Waals surface area contributed by atoms with Gasteiger partial charge in [0.15, 0.2) is 0 Å². The van der Waals surface area contributed by atoms with E-state index in [1.54, 1.807) is 23.6 Å². The Labute approximate surface area is 135 Å². The molecule has 21 heavy (non-hydrogen) atoms. The lowest BCUT2D eigenvalue weighted by atomic mass is 10.2. The molecule has 0 aliphatic carbocycles. The van der Waals surface area contributed by atoms with Crippen molar-refractivity contribution in [2.45, 2.75) is 11.8 Å². The van der Waals surface area contributed by atoms with Crippen LogP contribution < -0.4 is 5.32 Å². The van der Waals surface area contributed by atoms with E-state index in [0.717, 1.165) is 21.8 Å². The Morgan fingerprint density at radius 2 is 2.14 bits per heavy atom. The van der Waals surface area contributed by atoms with E-state index in [0.29, 0.717) is 10.7 Å². The molecule has 7 heteroatoms. The van der Waals surface area contributed by atoms with Gasteiger partial charge in [-0.2, -0.15) is 0 Å². The van der Waals surface area contributed by atoms with Gasteiger partial charge < -0.3 is 10.4 Å². The molecule has 0 aliphatic rings. The molecule has 0 radical (unpaired) electrons. The summed E-state index contributed by atoms with van der Waals surface area (Å²) in [5.41, 5.74) is 1.59. The molecule has 1 heterocycles. The van der Waals surface area contributed by atoms with E-state index in [9.17, 15) is 9.59 Å². The molecule has 0 bridgehead atoms. The molecule has 0 saturated carbocycles. The molecule has 2 aromatic rings. The van der Waals surface area contributed by atoms with Crippen LogP contribution in [0.1, 0.15) is 15.2 Å². The maximum Gasteiger partial charge on any atom is 0.345 e. The zero-order valence-corrected chi connectivity index (χ0v) is 13.4. The molecule has 4 nitrogen and oxygen atoms in total. The summed E-state index contributed by atoms with van der Waals surface area (Å²) >= 11 is 8.43. The minimum absolute atomic E-state index is 0.164. The van der Waals surface area contributed by atoms with Gasteiger partial charge in [0.25, 0.3) is 0 Å². The number of amides is 1. The van der Waals surface area contributed by atoms with Crippen molar-refractivity contribution in [2.75, 3.05) is 11.1 Å². The van der Waals surface area contributed by atoms with Gasteiger partial charge in [-0.05, 0) is 30.7 Å². The summed E-state index contributed by atoms with van der Waals surface area (Å²) in [7, 11) is 0. The molecular weight excluding hydrogens is 330 g/mol. The Morgan fingerprint density at radius 3 is 2.76 bits per heavy atom. The number of carbonyl (C=O) groups excluding carboxylic acids is 1. The van der Waals surface area contributed by atoms with Crippen molar-refractivity contribution in [1.82, 2.24) is 0 Å². The topological polar surface area (TPSA) is 66.4 Å². The van der Waals surface area contributed by atoms with Gasteiger partial charge in [-0.1, -0.05) is 17.7 Å². The lowest BCUT2D eigenvalue weighted by Gasteiger charge is -2.06. The van der Waals surface area contributed by atoms with Crippen LogP contribution in [-0.4, -0.2) is 22.7 Å². The fraction of sp³-hybridized carbons (Fsp3) is 0.143. The lowest BCUT2D eigenvalue weighted by Crippen LogP contribution is -2.13. The number of rotatable bonds is 5. The standard InChI is InChI=1S/C14H12ClNO3S2/c1-8-2-3-9(4-11(8)15)16-13(17)7-20-10-5-12(14(18)19)21-6-10/h2-6H,7H2,1H3,(H,16,17)(H,18,19). The molecule has 2 N–H and O–H groups in total. The second-order valence-corrected chi connectivity index (χ2v) is 6.62. The SMILES string of the molecule is Cc1ccc(NC(=O)CSc2csc(C(=O)O)c2)cc1Cl. The molecule has 1 amide bonds. The van der Waals surface area contributed by atoms with Crippen molar-refractivity contribution in [3.8, 4) is 0 Å². The van der Waals surface area contributed by atoms with Gasteiger partial charge in [-0.15, -0.1) is 23.1 Å². The number of anilines is 1. The van der Waals surface area contributed by atoms with Gasteiger partial charge in [0.2, 0.25) is 5.91 Å². The van der Waals surface area contributed by atoms with Crippen LogP contribution in [0.5, 0.6) is 0 Å². The highest BCUT2D eigenvalue weighted by Crippen LogP contribution is 2.25.